The quantitative estimate of drug-likeness (QED) is 0.747. The van der Waals surface area contributed by atoms with Gasteiger partial charge in [0.2, 0.25) is 0 Å². The summed E-state index contributed by atoms with van der Waals surface area (Å²) in [5.41, 5.74) is 0.297. The number of rotatable bonds is 4. The molecule has 1 amide bonds. The van der Waals surface area contributed by atoms with E-state index in [1.807, 2.05) is 6.07 Å². The van der Waals surface area contributed by atoms with Crippen LogP contribution in [0.25, 0.3) is 0 Å². The zero-order valence-electron chi connectivity index (χ0n) is 10.9. The van der Waals surface area contributed by atoms with Gasteiger partial charge in [-0.05, 0) is 30.3 Å². The van der Waals surface area contributed by atoms with E-state index in [4.69, 9.17) is 10.00 Å². The molecule has 0 aromatic heterocycles. The van der Waals surface area contributed by atoms with Crippen molar-refractivity contribution in [3.8, 4) is 23.3 Å². The van der Waals surface area contributed by atoms with Crippen LogP contribution in [0, 0.1) is 11.3 Å². The summed E-state index contributed by atoms with van der Waals surface area (Å²) < 4.78 is 5.19. The molecule has 0 bridgehead atoms. The molecule has 0 unspecified atom stereocenters. The molecule has 0 aliphatic heterocycles. The van der Waals surface area contributed by atoms with E-state index < -0.39 is 5.91 Å². The Balaban J connectivity index is 2.24. The molecular weight excluding hydrogens is 272 g/mol. The Morgan fingerprint density at radius 1 is 1.24 bits per heavy atom. The summed E-state index contributed by atoms with van der Waals surface area (Å²) in [5, 5.41) is 30.1. The van der Waals surface area contributed by atoms with Crippen LogP contribution < -0.4 is 10.1 Å². The van der Waals surface area contributed by atoms with Crippen LogP contribution in [0.1, 0.15) is 10.4 Å². The molecule has 0 atom stereocenters. The van der Waals surface area contributed by atoms with Gasteiger partial charge in [0.25, 0.3) is 5.91 Å². The lowest BCUT2D eigenvalue weighted by Crippen LogP contribution is -2.13. The molecule has 2 aromatic rings. The van der Waals surface area contributed by atoms with Gasteiger partial charge >= 0.3 is 0 Å². The van der Waals surface area contributed by atoms with Crippen LogP contribution in [0.3, 0.4) is 0 Å². The summed E-state index contributed by atoms with van der Waals surface area (Å²) >= 11 is 0. The maximum Gasteiger partial charge on any atom is 0.259 e. The Kier molecular flexibility index (Phi) is 4.26. The van der Waals surface area contributed by atoms with Gasteiger partial charge in [0, 0.05) is 0 Å². The molecule has 21 heavy (non-hydrogen) atoms. The second-order valence-corrected chi connectivity index (χ2v) is 4.10. The highest BCUT2D eigenvalue weighted by Gasteiger charge is 2.14. The molecule has 0 fully saturated rings. The summed E-state index contributed by atoms with van der Waals surface area (Å²) in [6, 6.07) is 12.1. The topological polar surface area (TPSA) is 103 Å². The van der Waals surface area contributed by atoms with Crippen LogP contribution >= 0.6 is 0 Å². The van der Waals surface area contributed by atoms with Gasteiger partial charge in [-0.2, -0.15) is 5.26 Å². The van der Waals surface area contributed by atoms with Gasteiger partial charge in [-0.1, -0.05) is 12.1 Å². The SMILES string of the molecule is N#CCOc1ccccc1NC(=O)c1cc(O)ccc1O. The van der Waals surface area contributed by atoms with Gasteiger partial charge < -0.3 is 20.3 Å². The minimum absolute atomic E-state index is 0.0647. The first-order valence-electron chi connectivity index (χ1n) is 6.04. The fraction of sp³-hybridized carbons (Fsp3) is 0.0667. The van der Waals surface area contributed by atoms with Gasteiger partial charge in [0.1, 0.15) is 23.3 Å². The molecule has 6 nitrogen and oxygen atoms in total. The van der Waals surface area contributed by atoms with Crippen molar-refractivity contribution >= 4 is 11.6 Å². The normalized spacial score (nSPS) is 9.67. The van der Waals surface area contributed by atoms with Crippen LogP contribution in [-0.2, 0) is 0 Å². The molecule has 2 aromatic carbocycles. The maximum absolute atomic E-state index is 12.1. The molecule has 0 radical (unpaired) electrons. The highest BCUT2D eigenvalue weighted by molar-refractivity contribution is 6.07. The summed E-state index contributed by atoms with van der Waals surface area (Å²) in [4.78, 5) is 12.1. The number of carbonyl (C=O) groups is 1. The van der Waals surface area contributed by atoms with E-state index >= 15 is 0 Å². The van der Waals surface area contributed by atoms with E-state index in [0.717, 1.165) is 6.07 Å². The smallest absolute Gasteiger partial charge is 0.259 e. The van der Waals surface area contributed by atoms with E-state index in [1.165, 1.54) is 12.1 Å². The number of aromatic hydroxyl groups is 2. The molecule has 0 aliphatic carbocycles. The Hall–Kier alpha value is -3.20. The summed E-state index contributed by atoms with van der Waals surface area (Å²) in [5.74, 6) is -0.642. The monoisotopic (exact) mass is 284 g/mol. The first-order valence-corrected chi connectivity index (χ1v) is 6.04. The first-order chi connectivity index (χ1) is 10.1. The highest BCUT2D eigenvalue weighted by Crippen LogP contribution is 2.27. The van der Waals surface area contributed by atoms with Crippen molar-refractivity contribution in [1.29, 1.82) is 5.26 Å². The van der Waals surface area contributed by atoms with Crippen LogP contribution in [0.15, 0.2) is 42.5 Å². The number of carbonyl (C=O) groups excluding carboxylic acids is 1. The van der Waals surface area contributed by atoms with Crippen molar-refractivity contribution in [1.82, 2.24) is 0 Å². The second kappa shape index (κ2) is 6.30. The zero-order chi connectivity index (χ0) is 15.2. The number of phenols is 2. The Morgan fingerprint density at radius 3 is 2.76 bits per heavy atom. The van der Waals surface area contributed by atoms with E-state index in [1.54, 1.807) is 24.3 Å². The number of para-hydroxylation sites is 2. The minimum Gasteiger partial charge on any atom is -0.508 e. The van der Waals surface area contributed by atoms with Crippen molar-refractivity contribution in [2.75, 3.05) is 11.9 Å². The molecule has 0 saturated heterocycles. The van der Waals surface area contributed by atoms with E-state index in [9.17, 15) is 15.0 Å². The number of benzene rings is 2. The fourth-order valence-electron chi connectivity index (χ4n) is 1.70. The van der Waals surface area contributed by atoms with Crippen LogP contribution in [0.2, 0.25) is 0 Å². The lowest BCUT2D eigenvalue weighted by Gasteiger charge is -2.11. The van der Waals surface area contributed by atoms with E-state index in [2.05, 4.69) is 5.32 Å². The van der Waals surface area contributed by atoms with Crippen molar-refractivity contribution in [3.05, 3.63) is 48.0 Å². The predicted octanol–water partition coefficient (Wildman–Crippen LogP) is 2.25. The molecule has 3 N–H and O–H groups in total. The van der Waals surface area contributed by atoms with Gasteiger partial charge in [-0.25, -0.2) is 0 Å². The lowest BCUT2D eigenvalue weighted by molar-refractivity contribution is 0.102. The molecule has 0 spiro atoms. The molecule has 6 heteroatoms. The number of amides is 1. The molecule has 0 saturated carbocycles. The Morgan fingerprint density at radius 2 is 2.00 bits per heavy atom. The third kappa shape index (κ3) is 3.42. The molecule has 0 heterocycles. The summed E-state index contributed by atoms with van der Waals surface area (Å²) in [7, 11) is 0. The number of anilines is 1. The van der Waals surface area contributed by atoms with Gasteiger partial charge in [-0.15, -0.1) is 0 Å². The van der Waals surface area contributed by atoms with Crippen molar-refractivity contribution in [2.45, 2.75) is 0 Å². The predicted molar refractivity (Wildman–Crippen MR) is 75.3 cm³/mol. The number of hydrogen-bond donors (Lipinski definition) is 3. The van der Waals surface area contributed by atoms with Gasteiger partial charge in [0.15, 0.2) is 6.61 Å². The average molecular weight is 284 g/mol. The molecule has 0 aliphatic rings. The number of nitrogens with one attached hydrogen (secondary N) is 1. The number of hydrogen-bond acceptors (Lipinski definition) is 5. The minimum atomic E-state index is -0.601. The van der Waals surface area contributed by atoms with Gasteiger partial charge in [-0.3, -0.25) is 4.79 Å². The molecule has 106 valence electrons. The fourth-order valence-corrected chi connectivity index (χ4v) is 1.70. The maximum atomic E-state index is 12.1. The molecular formula is C15H12N2O4. The zero-order valence-corrected chi connectivity index (χ0v) is 10.9. The van der Waals surface area contributed by atoms with Crippen molar-refractivity contribution < 1.29 is 19.7 Å². The third-order valence-electron chi connectivity index (χ3n) is 2.65. The summed E-state index contributed by atoms with van der Waals surface area (Å²) in [6.07, 6.45) is 0. The van der Waals surface area contributed by atoms with Crippen molar-refractivity contribution in [2.24, 2.45) is 0 Å². The van der Waals surface area contributed by atoms with Crippen LogP contribution in [0.4, 0.5) is 5.69 Å². The highest BCUT2D eigenvalue weighted by atomic mass is 16.5. The first kappa shape index (κ1) is 14.2. The number of nitrogens with zero attached hydrogens (tertiary/aromatic N) is 1. The van der Waals surface area contributed by atoms with Crippen LogP contribution in [0.5, 0.6) is 17.2 Å². The second-order valence-electron chi connectivity index (χ2n) is 4.10. The summed E-state index contributed by atoms with van der Waals surface area (Å²) in [6.45, 7) is -0.149. The largest absolute Gasteiger partial charge is 0.508 e. The van der Waals surface area contributed by atoms with E-state index in [-0.39, 0.29) is 23.7 Å². The standard InChI is InChI=1S/C15H12N2O4/c16-7-8-21-14-4-2-1-3-12(14)17-15(20)11-9-10(18)5-6-13(11)19/h1-6,9,18-19H,8H2,(H,17,20). The molecule has 2 rings (SSSR count). The average Bonchev–Trinajstić information content (AvgIpc) is 2.48. The Labute approximate surface area is 120 Å². The number of phenolic OH excluding ortho intramolecular Hbond substituents is 2. The number of ether oxygens (including phenoxy) is 1. The van der Waals surface area contributed by atoms with Gasteiger partial charge in [0.05, 0.1) is 11.3 Å². The lowest BCUT2D eigenvalue weighted by atomic mass is 10.1. The number of nitriles is 1. The van der Waals surface area contributed by atoms with E-state index in [0.29, 0.717) is 11.4 Å². The van der Waals surface area contributed by atoms with Crippen molar-refractivity contribution in [3.63, 3.8) is 0 Å². The third-order valence-corrected chi connectivity index (χ3v) is 2.65. The van der Waals surface area contributed by atoms with Crippen LogP contribution in [-0.4, -0.2) is 22.7 Å². The Bertz CT molecular complexity index is 707.